The van der Waals surface area contributed by atoms with E-state index in [9.17, 15) is 14.9 Å². The highest BCUT2D eigenvalue weighted by Crippen LogP contribution is 2.28. The van der Waals surface area contributed by atoms with Gasteiger partial charge in [-0.1, -0.05) is 11.6 Å². The zero-order chi connectivity index (χ0) is 18.0. The maximum absolute atomic E-state index is 12.4. The molecule has 2 N–H and O–H groups in total. The molecule has 8 heteroatoms. The van der Waals surface area contributed by atoms with Crippen molar-refractivity contribution in [1.82, 2.24) is 9.47 Å². The smallest absolute Gasteiger partial charge is 0.357 e. The molecular formula is C16H15ClN4O3. The third-order valence-electron chi connectivity index (χ3n) is 3.40. The Hall–Kier alpha value is -2.98. The molecule has 1 amide bonds. The van der Waals surface area contributed by atoms with Crippen molar-refractivity contribution in [2.75, 3.05) is 26.9 Å². The molecule has 0 spiro atoms. The number of nitrogens with zero attached hydrogens (tertiary/aromatic N) is 3. The van der Waals surface area contributed by atoms with Gasteiger partial charge in [-0.25, -0.2) is 4.79 Å². The first-order chi connectivity index (χ1) is 11.3. The van der Waals surface area contributed by atoms with Crippen LogP contribution in [0.3, 0.4) is 0 Å². The van der Waals surface area contributed by atoms with Crippen molar-refractivity contribution in [3.63, 3.8) is 0 Å². The summed E-state index contributed by atoms with van der Waals surface area (Å²) in [7, 11) is 4.40. The van der Waals surface area contributed by atoms with Crippen LogP contribution in [0.4, 0.5) is 5.69 Å². The minimum absolute atomic E-state index is 0.0115. The van der Waals surface area contributed by atoms with Gasteiger partial charge in [-0.15, -0.1) is 0 Å². The van der Waals surface area contributed by atoms with E-state index in [2.05, 4.69) is 0 Å². The molecule has 1 heterocycles. The van der Waals surface area contributed by atoms with E-state index < -0.39 is 5.97 Å². The fourth-order valence-corrected chi connectivity index (χ4v) is 2.41. The predicted molar refractivity (Wildman–Crippen MR) is 89.3 cm³/mol. The van der Waals surface area contributed by atoms with E-state index in [1.807, 2.05) is 6.07 Å². The molecule has 2 rings (SSSR count). The van der Waals surface area contributed by atoms with E-state index in [1.165, 1.54) is 28.8 Å². The number of halogens is 1. The molecule has 0 radical (unpaired) electrons. The predicted octanol–water partition coefficient (Wildman–Crippen LogP) is 2.07. The van der Waals surface area contributed by atoms with E-state index in [-0.39, 0.29) is 28.4 Å². The van der Waals surface area contributed by atoms with Gasteiger partial charge in [0.25, 0.3) is 5.91 Å². The number of ether oxygens (including phenoxy) is 1. The Bertz CT molecular complexity index is 865. The highest BCUT2D eigenvalue weighted by molar-refractivity contribution is 6.31. The molecule has 0 bridgehead atoms. The van der Waals surface area contributed by atoms with Crippen LogP contribution >= 0.6 is 11.6 Å². The molecule has 0 saturated heterocycles. The number of hydrogen-bond acceptors (Lipinski definition) is 5. The Labute approximate surface area is 143 Å². The van der Waals surface area contributed by atoms with Gasteiger partial charge in [-0.3, -0.25) is 4.79 Å². The zero-order valence-electron chi connectivity index (χ0n) is 13.3. The molecule has 24 heavy (non-hydrogen) atoms. The van der Waals surface area contributed by atoms with E-state index in [0.29, 0.717) is 10.7 Å². The Morgan fingerprint density at radius 2 is 2.04 bits per heavy atom. The molecule has 0 aliphatic rings. The number of carbonyl (C=O) groups excluding carboxylic acids is 2. The van der Waals surface area contributed by atoms with Crippen molar-refractivity contribution < 1.29 is 14.3 Å². The first kappa shape index (κ1) is 17.4. The fourth-order valence-electron chi connectivity index (χ4n) is 2.24. The molecule has 0 saturated carbocycles. The molecule has 1 aromatic carbocycles. The topological polar surface area (TPSA) is 101 Å². The fraction of sp³-hybridized carbons (Fsp3) is 0.188. The number of rotatable bonds is 3. The molecule has 0 unspecified atom stereocenters. The summed E-state index contributed by atoms with van der Waals surface area (Å²) in [5.41, 5.74) is 6.58. The normalized spacial score (nSPS) is 10.1. The summed E-state index contributed by atoms with van der Waals surface area (Å²) in [6.45, 7) is 0. The number of methoxy groups -OCH3 is 1. The van der Waals surface area contributed by atoms with Gasteiger partial charge >= 0.3 is 5.97 Å². The van der Waals surface area contributed by atoms with Crippen molar-refractivity contribution in [2.45, 2.75) is 0 Å². The average molecular weight is 347 g/mol. The summed E-state index contributed by atoms with van der Waals surface area (Å²) in [4.78, 5) is 25.9. The van der Waals surface area contributed by atoms with Crippen molar-refractivity contribution in [1.29, 1.82) is 5.26 Å². The van der Waals surface area contributed by atoms with Crippen LogP contribution < -0.4 is 5.73 Å². The van der Waals surface area contributed by atoms with Crippen molar-refractivity contribution in [3.05, 3.63) is 46.2 Å². The van der Waals surface area contributed by atoms with Gasteiger partial charge in [-0.2, -0.15) is 5.26 Å². The number of nitrogen functional groups attached to an aromatic ring is 1. The summed E-state index contributed by atoms with van der Waals surface area (Å²) in [6, 6.07) is 6.55. The van der Waals surface area contributed by atoms with Crippen LogP contribution in [-0.4, -0.2) is 42.5 Å². The maximum Gasteiger partial charge on any atom is 0.357 e. The number of aromatic nitrogens is 1. The van der Waals surface area contributed by atoms with E-state index >= 15 is 0 Å². The standard InChI is InChI=1S/C16H15ClN4O3/c1-20(2)15(22)11-6-10(17)4-5-12(11)21-8-9(7-18)13(19)14(21)16(23)24-3/h4-6,8H,19H2,1-3H3. The minimum atomic E-state index is -0.716. The summed E-state index contributed by atoms with van der Waals surface area (Å²) < 4.78 is 6.11. The molecule has 7 nitrogen and oxygen atoms in total. The first-order valence-corrected chi connectivity index (χ1v) is 7.20. The molecule has 0 aliphatic heterocycles. The average Bonchev–Trinajstić information content (AvgIpc) is 2.89. The Morgan fingerprint density at radius 1 is 1.38 bits per heavy atom. The number of esters is 1. The molecular weight excluding hydrogens is 332 g/mol. The van der Waals surface area contributed by atoms with Gasteiger partial charge < -0.3 is 19.9 Å². The van der Waals surface area contributed by atoms with Gasteiger partial charge in [-0.05, 0) is 18.2 Å². The van der Waals surface area contributed by atoms with Crippen LogP contribution in [0.2, 0.25) is 5.02 Å². The van der Waals surface area contributed by atoms with E-state index in [4.69, 9.17) is 22.1 Å². The summed E-state index contributed by atoms with van der Waals surface area (Å²) in [6.07, 6.45) is 1.39. The second-order valence-corrected chi connectivity index (χ2v) is 5.58. The molecule has 0 aliphatic carbocycles. The highest BCUT2D eigenvalue weighted by atomic mass is 35.5. The largest absolute Gasteiger partial charge is 0.464 e. The number of benzene rings is 1. The number of carbonyl (C=O) groups is 2. The first-order valence-electron chi connectivity index (χ1n) is 6.82. The Morgan fingerprint density at radius 3 is 2.58 bits per heavy atom. The second-order valence-electron chi connectivity index (χ2n) is 5.14. The van der Waals surface area contributed by atoms with Gasteiger partial charge in [0.1, 0.15) is 6.07 Å². The quantitative estimate of drug-likeness (QED) is 0.857. The monoisotopic (exact) mass is 346 g/mol. The molecule has 124 valence electrons. The van der Waals surface area contributed by atoms with Gasteiger partial charge in [0, 0.05) is 25.3 Å². The number of nitrogens with two attached hydrogens (primary N) is 1. The molecule has 0 fully saturated rings. The number of anilines is 1. The lowest BCUT2D eigenvalue weighted by Crippen LogP contribution is -2.24. The lowest BCUT2D eigenvalue weighted by Gasteiger charge is -2.16. The minimum Gasteiger partial charge on any atom is -0.464 e. The van der Waals surface area contributed by atoms with Crippen LogP contribution in [0.25, 0.3) is 5.69 Å². The van der Waals surface area contributed by atoms with Gasteiger partial charge in [0.15, 0.2) is 5.69 Å². The summed E-state index contributed by atoms with van der Waals surface area (Å²) in [5.74, 6) is -1.03. The molecule has 2 aromatic rings. The SMILES string of the molecule is COC(=O)c1c(N)c(C#N)cn1-c1ccc(Cl)cc1C(=O)N(C)C. The number of nitriles is 1. The third kappa shape index (κ3) is 2.92. The van der Waals surface area contributed by atoms with E-state index in [0.717, 1.165) is 0 Å². The molecule has 1 aromatic heterocycles. The maximum atomic E-state index is 12.4. The van der Waals surface area contributed by atoms with Crippen molar-refractivity contribution in [3.8, 4) is 11.8 Å². The van der Waals surface area contributed by atoms with Crippen molar-refractivity contribution >= 4 is 29.2 Å². The lowest BCUT2D eigenvalue weighted by atomic mass is 10.1. The Balaban J connectivity index is 2.80. The second kappa shape index (κ2) is 6.64. The number of hydrogen-bond donors (Lipinski definition) is 1. The van der Waals surface area contributed by atoms with Crippen LogP contribution in [0.5, 0.6) is 0 Å². The highest BCUT2D eigenvalue weighted by Gasteiger charge is 2.25. The lowest BCUT2D eigenvalue weighted by molar-refractivity contribution is 0.0592. The third-order valence-corrected chi connectivity index (χ3v) is 3.63. The summed E-state index contributed by atoms with van der Waals surface area (Å²) >= 11 is 6.00. The number of amides is 1. The van der Waals surface area contributed by atoms with Crippen molar-refractivity contribution in [2.24, 2.45) is 0 Å². The van der Waals surface area contributed by atoms with Gasteiger partial charge in [0.05, 0.1) is 29.6 Å². The van der Waals surface area contributed by atoms with Crippen LogP contribution in [0.1, 0.15) is 26.4 Å². The van der Waals surface area contributed by atoms with E-state index in [1.54, 1.807) is 26.2 Å². The zero-order valence-corrected chi connectivity index (χ0v) is 14.1. The molecule has 0 atom stereocenters. The van der Waals surface area contributed by atoms with Crippen LogP contribution in [0.15, 0.2) is 24.4 Å². The summed E-state index contributed by atoms with van der Waals surface area (Å²) in [5, 5.41) is 9.54. The Kier molecular flexibility index (Phi) is 4.81. The van der Waals surface area contributed by atoms with Gasteiger partial charge in [0.2, 0.25) is 0 Å². The van der Waals surface area contributed by atoms with Crippen LogP contribution in [0, 0.1) is 11.3 Å². The van der Waals surface area contributed by atoms with Crippen LogP contribution in [-0.2, 0) is 4.74 Å².